The van der Waals surface area contributed by atoms with E-state index in [9.17, 15) is 9.59 Å². The van der Waals surface area contributed by atoms with Crippen LogP contribution in [0.25, 0.3) is 0 Å². The number of hydrogen-bond acceptors (Lipinski definition) is 2. The van der Waals surface area contributed by atoms with Crippen LogP contribution in [0.5, 0.6) is 0 Å². The predicted molar refractivity (Wildman–Crippen MR) is 28.2 cm³/mol. The Bertz CT molecular complexity index is 118. The maximum atomic E-state index is 10.3. The van der Waals surface area contributed by atoms with Crippen molar-refractivity contribution in [3.63, 3.8) is 0 Å². The first-order chi connectivity index (χ1) is 3.80. The number of piperazine rings is 1. The lowest BCUT2D eigenvalue weighted by atomic mass is 10.4. The molecule has 2 N–H and O–H groups in total. The Hall–Kier alpha value is -1.10. The number of hydrogen-bond donors (Lipinski definition) is 2. The van der Waals surface area contributed by atoms with E-state index in [2.05, 4.69) is 10.6 Å². The summed E-state index contributed by atoms with van der Waals surface area (Å²) in [5, 5.41) is 4.76. The summed E-state index contributed by atoms with van der Waals surface area (Å²) in [6.45, 7) is 1.09. The molecule has 5 heteroatoms. The Morgan fingerprint density at radius 3 is 1.56 bits per heavy atom. The smallest absolute Gasteiger partial charge is 0.309 e. The summed E-state index contributed by atoms with van der Waals surface area (Å²) in [6.07, 6.45) is 0. The minimum absolute atomic E-state index is 0. The van der Waals surface area contributed by atoms with E-state index in [1.165, 1.54) is 0 Å². The van der Waals surface area contributed by atoms with E-state index in [-0.39, 0.29) is 6.15 Å². The summed E-state index contributed by atoms with van der Waals surface area (Å²) in [6, 6.07) is 0. The molecule has 0 atom stereocenters. The molecule has 5 nitrogen and oxygen atoms in total. The first kappa shape index (κ1) is 7.90. The summed E-state index contributed by atoms with van der Waals surface area (Å²) in [5.74, 6) is -1.06. The summed E-state index contributed by atoms with van der Waals surface area (Å²) >= 11 is 0. The SMILES string of the molecule is O=C1NCCNC1=O.[N]. The van der Waals surface area contributed by atoms with Gasteiger partial charge in [-0.1, -0.05) is 0 Å². The minimum atomic E-state index is -0.531. The largest absolute Gasteiger partial charge is 0.346 e. The standard InChI is InChI=1S/C4H6N2O2.N/c7-3-4(8)6-2-1-5-3;/h1-2H2,(H,5,7)(H,6,8);. The first-order valence-electron chi connectivity index (χ1n) is 2.37. The number of carbonyl (C=O) groups is 2. The summed E-state index contributed by atoms with van der Waals surface area (Å²) in [4.78, 5) is 20.5. The highest BCUT2D eigenvalue weighted by molar-refractivity contribution is 6.35. The highest BCUT2D eigenvalue weighted by Gasteiger charge is 2.15. The van der Waals surface area contributed by atoms with Crippen molar-refractivity contribution in [3.05, 3.63) is 0 Å². The molecule has 0 unspecified atom stereocenters. The van der Waals surface area contributed by atoms with Gasteiger partial charge in [0, 0.05) is 19.2 Å². The summed E-state index contributed by atoms with van der Waals surface area (Å²) in [5.41, 5.74) is 0. The molecule has 0 saturated carbocycles. The van der Waals surface area contributed by atoms with Crippen LogP contribution < -0.4 is 16.8 Å². The van der Waals surface area contributed by atoms with Gasteiger partial charge in [-0.15, -0.1) is 0 Å². The zero-order valence-electron chi connectivity index (χ0n) is 4.68. The highest BCUT2D eigenvalue weighted by atomic mass is 16.2. The first-order valence-corrected chi connectivity index (χ1v) is 2.37. The van der Waals surface area contributed by atoms with Crippen LogP contribution in [0.2, 0.25) is 0 Å². The average Bonchev–Trinajstić information content (AvgIpc) is 1.77. The van der Waals surface area contributed by atoms with Crippen molar-refractivity contribution in [2.24, 2.45) is 0 Å². The quantitative estimate of drug-likeness (QED) is 0.361. The minimum Gasteiger partial charge on any atom is -0.346 e. The van der Waals surface area contributed by atoms with Gasteiger partial charge in [0.05, 0.1) is 0 Å². The van der Waals surface area contributed by atoms with E-state index < -0.39 is 11.8 Å². The fraction of sp³-hybridized carbons (Fsp3) is 0.500. The van der Waals surface area contributed by atoms with Gasteiger partial charge < -0.3 is 10.6 Å². The van der Waals surface area contributed by atoms with Crippen molar-refractivity contribution in [2.45, 2.75) is 0 Å². The molecule has 0 aromatic heterocycles. The van der Waals surface area contributed by atoms with Crippen LogP contribution in [0.4, 0.5) is 0 Å². The number of nitrogens with zero attached hydrogens (tertiary/aromatic N) is 1. The van der Waals surface area contributed by atoms with Gasteiger partial charge in [0.1, 0.15) is 0 Å². The molecule has 1 rings (SSSR count). The van der Waals surface area contributed by atoms with Crippen molar-refractivity contribution < 1.29 is 9.59 Å². The topological polar surface area (TPSA) is 88.7 Å². The van der Waals surface area contributed by atoms with E-state index >= 15 is 0 Å². The molecule has 0 bridgehead atoms. The summed E-state index contributed by atoms with van der Waals surface area (Å²) in [7, 11) is 0. The molecule has 1 aliphatic rings. The molecule has 0 spiro atoms. The normalized spacial score (nSPS) is 17.3. The van der Waals surface area contributed by atoms with Crippen LogP contribution in [0.3, 0.4) is 0 Å². The Morgan fingerprint density at radius 2 is 1.33 bits per heavy atom. The fourth-order valence-corrected chi connectivity index (χ4v) is 0.513. The molecule has 1 fully saturated rings. The third-order valence-electron chi connectivity index (χ3n) is 0.902. The molecule has 1 saturated heterocycles. The van der Waals surface area contributed by atoms with Crippen LogP contribution in [-0.2, 0) is 9.59 Å². The number of carbonyl (C=O) groups excluding carboxylic acids is 2. The monoisotopic (exact) mass is 128 g/mol. The molecule has 2 amide bonds. The van der Waals surface area contributed by atoms with Crippen molar-refractivity contribution in [3.8, 4) is 0 Å². The average molecular weight is 128 g/mol. The van der Waals surface area contributed by atoms with Gasteiger partial charge >= 0.3 is 11.8 Å². The van der Waals surface area contributed by atoms with Gasteiger partial charge in [-0.25, -0.2) is 0 Å². The zero-order chi connectivity index (χ0) is 5.98. The molecule has 1 aliphatic heterocycles. The van der Waals surface area contributed by atoms with Crippen LogP contribution >= 0.6 is 0 Å². The second kappa shape index (κ2) is 3.03. The van der Waals surface area contributed by atoms with Gasteiger partial charge in [0.25, 0.3) is 0 Å². The van der Waals surface area contributed by atoms with Crippen LogP contribution in [-0.4, -0.2) is 24.9 Å². The van der Waals surface area contributed by atoms with Gasteiger partial charge in [0.2, 0.25) is 0 Å². The second-order valence-electron chi connectivity index (χ2n) is 1.51. The molecule has 9 heavy (non-hydrogen) atoms. The lowest BCUT2D eigenvalue weighted by molar-refractivity contribution is -0.140. The predicted octanol–water partition coefficient (Wildman–Crippen LogP) is -2.25. The number of nitrogens with one attached hydrogen (secondary N) is 2. The lowest BCUT2D eigenvalue weighted by Crippen LogP contribution is -2.49. The molecule has 0 aromatic carbocycles. The van der Waals surface area contributed by atoms with E-state index in [1.807, 2.05) is 0 Å². The van der Waals surface area contributed by atoms with E-state index in [1.54, 1.807) is 0 Å². The fourth-order valence-electron chi connectivity index (χ4n) is 0.513. The Kier molecular flexibility index (Phi) is 2.66. The van der Waals surface area contributed by atoms with Crippen LogP contribution in [0.1, 0.15) is 0 Å². The number of rotatable bonds is 0. The van der Waals surface area contributed by atoms with E-state index in [0.717, 1.165) is 0 Å². The molecular weight excluding hydrogens is 122 g/mol. The molecule has 49 valence electrons. The van der Waals surface area contributed by atoms with E-state index in [4.69, 9.17) is 0 Å². The lowest BCUT2D eigenvalue weighted by Gasteiger charge is -2.10. The van der Waals surface area contributed by atoms with Gasteiger partial charge in [-0.3, -0.25) is 9.59 Å². The summed E-state index contributed by atoms with van der Waals surface area (Å²) < 4.78 is 0. The van der Waals surface area contributed by atoms with E-state index in [0.29, 0.717) is 13.1 Å². The van der Waals surface area contributed by atoms with Crippen molar-refractivity contribution in [2.75, 3.05) is 13.1 Å². The highest BCUT2D eigenvalue weighted by Crippen LogP contribution is 1.73. The molecule has 0 aromatic rings. The Morgan fingerprint density at radius 1 is 1.00 bits per heavy atom. The third kappa shape index (κ3) is 1.69. The Labute approximate surface area is 52.4 Å². The van der Waals surface area contributed by atoms with Gasteiger partial charge in [-0.2, -0.15) is 0 Å². The van der Waals surface area contributed by atoms with Crippen LogP contribution in [0, 0.1) is 0 Å². The Balaban J connectivity index is 0.000000640. The molecule has 0 aliphatic carbocycles. The third-order valence-corrected chi connectivity index (χ3v) is 0.902. The molecule has 1 heterocycles. The van der Waals surface area contributed by atoms with Crippen molar-refractivity contribution in [1.29, 1.82) is 0 Å². The van der Waals surface area contributed by atoms with Gasteiger partial charge in [0.15, 0.2) is 0 Å². The number of amides is 2. The van der Waals surface area contributed by atoms with Gasteiger partial charge in [-0.05, 0) is 0 Å². The van der Waals surface area contributed by atoms with Crippen LogP contribution in [0.15, 0.2) is 0 Å². The second-order valence-corrected chi connectivity index (χ2v) is 1.51. The maximum Gasteiger partial charge on any atom is 0.309 e. The maximum absolute atomic E-state index is 10.3. The zero-order valence-corrected chi connectivity index (χ0v) is 4.68. The van der Waals surface area contributed by atoms with Crippen molar-refractivity contribution >= 4 is 11.8 Å². The van der Waals surface area contributed by atoms with Crippen molar-refractivity contribution in [1.82, 2.24) is 16.8 Å². The molecule has 3 radical (unpaired) electrons. The molecular formula is C4H6N3O2.